The molecule has 35 heavy (non-hydrogen) atoms. The van der Waals surface area contributed by atoms with Gasteiger partial charge in [-0.05, 0) is 35.7 Å². The largest absolute Gasteiger partial charge is 0.493 e. The molecule has 0 radical (unpaired) electrons. The van der Waals surface area contributed by atoms with Gasteiger partial charge in [0.15, 0.2) is 16.7 Å². The number of carbonyl (C=O) groups excluding carboxylic acids is 1. The molecular formula is C25H26N4O5S. The maximum Gasteiger partial charge on any atom is 0.262 e. The van der Waals surface area contributed by atoms with Gasteiger partial charge in [0.05, 0.1) is 43.1 Å². The number of hydrogen-bond donors (Lipinski definition) is 1. The summed E-state index contributed by atoms with van der Waals surface area (Å²) in [6.07, 6.45) is 0. The molecule has 4 rings (SSSR count). The Bertz CT molecular complexity index is 1410. The molecule has 2 heterocycles. The van der Waals surface area contributed by atoms with E-state index in [4.69, 9.17) is 14.0 Å². The second kappa shape index (κ2) is 10.6. The van der Waals surface area contributed by atoms with Gasteiger partial charge in [-0.15, -0.1) is 0 Å². The Kier molecular flexibility index (Phi) is 7.40. The maximum atomic E-state index is 13.4. The van der Waals surface area contributed by atoms with E-state index in [1.807, 2.05) is 32.0 Å². The number of anilines is 1. The molecule has 0 aliphatic heterocycles. The number of fused-ring (bicyclic) bond motifs is 1. The summed E-state index contributed by atoms with van der Waals surface area (Å²) in [5.74, 6) is 1.38. The molecule has 0 saturated carbocycles. The van der Waals surface area contributed by atoms with Crippen molar-refractivity contribution in [3.05, 3.63) is 70.1 Å². The van der Waals surface area contributed by atoms with Gasteiger partial charge in [-0.2, -0.15) is 0 Å². The lowest BCUT2D eigenvalue weighted by molar-refractivity contribution is -0.113. The summed E-state index contributed by atoms with van der Waals surface area (Å²) < 4.78 is 17.5. The fourth-order valence-corrected chi connectivity index (χ4v) is 4.28. The molecule has 0 bridgehead atoms. The highest BCUT2D eigenvalue weighted by molar-refractivity contribution is 7.99. The van der Waals surface area contributed by atoms with Gasteiger partial charge in [0.25, 0.3) is 5.56 Å². The molecule has 2 aromatic carbocycles. The summed E-state index contributed by atoms with van der Waals surface area (Å²) in [6, 6.07) is 14.3. The van der Waals surface area contributed by atoms with Gasteiger partial charge in [0.2, 0.25) is 11.8 Å². The van der Waals surface area contributed by atoms with E-state index in [9.17, 15) is 9.59 Å². The minimum Gasteiger partial charge on any atom is -0.493 e. The first-order valence-electron chi connectivity index (χ1n) is 11.0. The Morgan fingerprint density at radius 1 is 1.11 bits per heavy atom. The minimum absolute atomic E-state index is 0.0361. The molecule has 0 atom stereocenters. The van der Waals surface area contributed by atoms with Gasteiger partial charge in [-0.1, -0.05) is 49.0 Å². The first kappa shape index (κ1) is 24.3. The van der Waals surface area contributed by atoms with Gasteiger partial charge in [0.1, 0.15) is 0 Å². The van der Waals surface area contributed by atoms with Crippen LogP contribution in [0, 0.1) is 0 Å². The fourth-order valence-electron chi connectivity index (χ4n) is 3.48. The van der Waals surface area contributed by atoms with Crippen LogP contribution in [0.15, 0.2) is 63.0 Å². The number of ether oxygens (including phenoxy) is 2. The molecule has 1 amide bonds. The summed E-state index contributed by atoms with van der Waals surface area (Å²) in [7, 11) is 3.13. The second-order valence-corrected chi connectivity index (χ2v) is 9.04. The molecule has 1 N–H and O–H groups in total. The number of aromatic nitrogens is 3. The lowest BCUT2D eigenvalue weighted by atomic mass is 10.1. The van der Waals surface area contributed by atoms with Crippen molar-refractivity contribution in [3.8, 4) is 11.5 Å². The third kappa shape index (κ3) is 5.48. The zero-order valence-corrected chi connectivity index (χ0v) is 20.7. The second-order valence-electron chi connectivity index (χ2n) is 8.10. The average Bonchev–Trinajstić information content (AvgIpc) is 3.33. The Morgan fingerprint density at radius 2 is 1.89 bits per heavy atom. The highest BCUT2D eigenvalue weighted by Crippen LogP contribution is 2.28. The number of rotatable bonds is 9. The lowest BCUT2D eigenvalue weighted by Gasteiger charge is -2.14. The molecule has 10 heteroatoms. The molecular weight excluding hydrogens is 468 g/mol. The van der Waals surface area contributed by atoms with Gasteiger partial charge in [-0.3, -0.25) is 19.5 Å². The van der Waals surface area contributed by atoms with Gasteiger partial charge >= 0.3 is 0 Å². The van der Waals surface area contributed by atoms with Crippen molar-refractivity contribution < 1.29 is 18.8 Å². The number of hydrogen-bond acceptors (Lipinski definition) is 8. The van der Waals surface area contributed by atoms with E-state index in [2.05, 4.69) is 15.5 Å². The number of nitrogens with one attached hydrogen (secondary N) is 1. The van der Waals surface area contributed by atoms with Crippen molar-refractivity contribution in [1.82, 2.24) is 14.7 Å². The van der Waals surface area contributed by atoms with Crippen molar-refractivity contribution in [2.24, 2.45) is 0 Å². The average molecular weight is 495 g/mol. The van der Waals surface area contributed by atoms with Crippen molar-refractivity contribution in [2.45, 2.75) is 31.5 Å². The van der Waals surface area contributed by atoms with Crippen LogP contribution in [-0.2, 0) is 11.3 Å². The summed E-state index contributed by atoms with van der Waals surface area (Å²) >= 11 is 1.18. The van der Waals surface area contributed by atoms with Crippen LogP contribution in [0.3, 0.4) is 0 Å². The van der Waals surface area contributed by atoms with E-state index < -0.39 is 0 Å². The van der Waals surface area contributed by atoms with E-state index in [1.165, 1.54) is 11.8 Å². The topological polar surface area (TPSA) is 108 Å². The molecule has 4 aromatic rings. The Labute approximate surface area is 206 Å². The summed E-state index contributed by atoms with van der Waals surface area (Å²) in [4.78, 5) is 30.6. The molecule has 182 valence electrons. The number of carbonyl (C=O) groups is 1. The Morgan fingerprint density at radius 3 is 2.60 bits per heavy atom. The zero-order chi connectivity index (χ0) is 24.9. The molecule has 9 nitrogen and oxygen atoms in total. The van der Waals surface area contributed by atoms with Gasteiger partial charge in [-0.25, -0.2) is 4.98 Å². The highest BCUT2D eigenvalue weighted by Gasteiger charge is 2.16. The Hall–Kier alpha value is -3.79. The summed E-state index contributed by atoms with van der Waals surface area (Å²) in [5.41, 5.74) is 1.97. The smallest absolute Gasteiger partial charge is 0.262 e. The van der Waals surface area contributed by atoms with Crippen LogP contribution in [-0.4, -0.2) is 40.6 Å². The minimum atomic E-state index is -0.290. The number of methoxy groups -OCH3 is 2. The Balaban J connectivity index is 1.60. The predicted octanol–water partition coefficient (Wildman–Crippen LogP) is 4.30. The molecule has 0 spiro atoms. The van der Waals surface area contributed by atoms with Crippen LogP contribution in [0.4, 0.5) is 5.88 Å². The standard InChI is InChI=1S/C25H26N4O5S/c1-15(2)19-12-23(34-28-19)27-22(30)14-35-25-26-18-8-6-5-7-17(18)24(31)29(25)13-16-9-10-20(32-3)21(11-16)33-4/h5-12,15H,13-14H2,1-4H3,(H,27,30). The first-order chi connectivity index (χ1) is 16.9. The molecule has 0 aliphatic rings. The van der Waals surface area contributed by atoms with Crippen molar-refractivity contribution in [2.75, 3.05) is 25.3 Å². The van der Waals surface area contributed by atoms with Gasteiger partial charge in [0, 0.05) is 6.07 Å². The third-order valence-corrected chi connectivity index (χ3v) is 6.31. The van der Waals surface area contributed by atoms with E-state index in [0.717, 1.165) is 11.3 Å². The SMILES string of the molecule is COc1ccc(Cn2c(SCC(=O)Nc3cc(C(C)C)no3)nc3ccccc3c2=O)cc1OC. The van der Waals surface area contributed by atoms with E-state index in [-0.39, 0.29) is 35.6 Å². The van der Waals surface area contributed by atoms with E-state index in [1.54, 1.807) is 49.1 Å². The molecule has 0 fully saturated rings. The highest BCUT2D eigenvalue weighted by atomic mass is 32.2. The molecule has 0 saturated heterocycles. The van der Waals surface area contributed by atoms with E-state index in [0.29, 0.717) is 27.6 Å². The number of amides is 1. The quantitative estimate of drug-likeness (QED) is 0.271. The first-order valence-corrected chi connectivity index (χ1v) is 12.0. The van der Waals surface area contributed by atoms with Crippen LogP contribution < -0.4 is 20.3 Å². The predicted molar refractivity (Wildman–Crippen MR) is 135 cm³/mol. The van der Waals surface area contributed by atoms with Crippen LogP contribution in [0.5, 0.6) is 11.5 Å². The molecule has 0 unspecified atom stereocenters. The van der Waals surface area contributed by atoms with Crippen molar-refractivity contribution >= 4 is 34.5 Å². The third-order valence-electron chi connectivity index (χ3n) is 5.33. The number of para-hydroxylation sites is 1. The zero-order valence-electron chi connectivity index (χ0n) is 19.9. The summed E-state index contributed by atoms with van der Waals surface area (Å²) in [6.45, 7) is 4.23. The summed E-state index contributed by atoms with van der Waals surface area (Å²) in [5, 5.41) is 7.58. The van der Waals surface area contributed by atoms with Crippen LogP contribution in [0.1, 0.15) is 31.0 Å². The maximum absolute atomic E-state index is 13.4. The number of thioether (sulfide) groups is 1. The number of benzene rings is 2. The normalized spacial score (nSPS) is 11.1. The molecule has 0 aliphatic carbocycles. The van der Waals surface area contributed by atoms with E-state index >= 15 is 0 Å². The van der Waals surface area contributed by atoms with Crippen LogP contribution in [0.2, 0.25) is 0 Å². The molecule has 2 aromatic heterocycles. The van der Waals surface area contributed by atoms with Crippen molar-refractivity contribution in [1.29, 1.82) is 0 Å². The fraction of sp³-hybridized carbons (Fsp3) is 0.280. The number of nitrogens with zero attached hydrogens (tertiary/aromatic N) is 3. The van der Waals surface area contributed by atoms with Crippen LogP contribution in [0.25, 0.3) is 10.9 Å². The van der Waals surface area contributed by atoms with Crippen LogP contribution >= 0.6 is 11.8 Å². The van der Waals surface area contributed by atoms with Gasteiger partial charge < -0.3 is 14.0 Å². The van der Waals surface area contributed by atoms with Crippen molar-refractivity contribution in [3.63, 3.8) is 0 Å². The monoisotopic (exact) mass is 494 g/mol. The lowest BCUT2D eigenvalue weighted by Crippen LogP contribution is -2.25.